The molecule has 0 spiro atoms. The second kappa shape index (κ2) is 8.71. The van der Waals surface area contributed by atoms with Crippen molar-refractivity contribution >= 4 is 44.3 Å². The highest BCUT2D eigenvalue weighted by atomic mass is 35.5. The molecule has 0 fully saturated rings. The lowest BCUT2D eigenvalue weighted by Crippen LogP contribution is -2.22. The van der Waals surface area contributed by atoms with Crippen LogP contribution < -0.4 is 5.32 Å². The molecule has 1 heterocycles. The number of hydrogen-bond acceptors (Lipinski definition) is 4. The molecule has 1 aromatic heterocycles. The third-order valence-corrected chi connectivity index (χ3v) is 6.80. The van der Waals surface area contributed by atoms with Gasteiger partial charge in [0, 0.05) is 33.5 Å². The molecule has 0 saturated carbocycles. The first-order valence-electron chi connectivity index (χ1n) is 9.30. The van der Waals surface area contributed by atoms with Crippen LogP contribution in [0.1, 0.15) is 19.2 Å². The number of nitrogens with one attached hydrogen (secondary N) is 1. The number of aromatic nitrogens is 2. The summed E-state index contributed by atoms with van der Waals surface area (Å²) in [7, 11) is -0.618. The minimum atomic E-state index is -3.57. The topological polar surface area (TPSA) is 84.3 Å². The Balaban J connectivity index is 1.81. The molecule has 0 atom stereocenters. The highest BCUT2D eigenvalue weighted by Gasteiger charge is 2.20. The van der Waals surface area contributed by atoms with Crippen molar-refractivity contribution in [1.82, 2.24) is 13.9 Å². The second-order valence-corrected chi connectivity index (χ2v) is 9.44. The molecule has 160 valence electrons. The van der Waals surface area contributed by atoms with E-state index in [1.165, 1.54) is 26.2 Å². The van der Waals surface area contributed by atoms with Crippen LogP contribution in [-0.2, 0) is 27.8 Å². The van der Waals surface area contributed by atoms with E-state index in [4.69, 9.17) is 11.6 Å². The van der Waals surface area contributed by atoms with E-state index in [0.717, 1.165) is 15.9 Å². The minimum absolute atomic E-state index is 0.124. The molecule has 3 aromatic rings. The maximum absolute atomic E-state index is 13.1. The van der Waals surface area contributed by atoms with Gasteiger partial charge in [-0.1, -0.05) is 11.6 Å². The summed E-state index contributed by atoms with van der Waals surface area (Å²) in [6, 6.07) is 8.58. The van der Waals surface area contributed by atoms with Crippen LogP contribution in [0.4, 0.5) is 10.1 Å². The number of halogens is 2. The van der Waals surface area contributed by atoms with E-state index < -0.39 is 15.8 Å². The first-order chi connectivity index (χ1) is 14.1. The van der Waals surface area contributed by atoms with Crippen molar-refractivity contribution in [3.63, 3.8) is 0 Å². The predicted molar refractivity (Wildman–Crippen MR) is 115 cm³/mol. The molecule has 0 bridgehead atoms. The maximum atomic E-state index is 13.1. The molecule has 7 nitrogen and oxygen atoms in total. The second-order valence-electron chi connectivity index (χ2n) is 6.88. The van der Waals surface area contributed by atoms with Gasteiger partial charge in [-0.2, -0.15) is 0 Å². The molecular formula is C20H22ClFN4O3S. The Kier molecular flexibility index (Phi) is 6.44. The summed E-state index contributed by atoms with van der Waals surface area (Å²) < 4.78 is 41.0. The molecule has 0 aliphatic heterocycles. The lowest BCUT2D eigenvalue weighted by molar-refractivity contribution is -0.116. The average Bonchev–Trinajstić information content (AvgIpc) is 3.05. The van der Waals surface area contributed by atoms with E-state index in [9.17, 15) is 17.6 Å². The number of aryl methyl sites for hydroxylation is 2. The Bertz CT molecular complexity index is 1210. The van der Waals surface area contributed by atoms with Gasteiger partial charge < -0.3 is 9.88 Å². The number of hydrogen-bond donors (Lipinski definition) is 1. The first kappa shape index (κ1) is 22.2. The summed E-state index contributed by atoms with van der Waals surface area (Å²) in [6.45, 7) is 2.57. The molecule has 0 aliphatic rings. The molecule has 0 aliphatic carbocycles. The molecule has 1 amide bonds. The van der Waals surface area contributed by atoms with Crippen molar-refractivity contribution in [1.29, 1.82) is 0 Å². The fourth-order valence-electron chi connectivity index (χ4n) is 3.10. The van der Waals surface area contributed by atoms with Crippen LogP contribution in [0, 0.1) is 5.82 Å². The molecule has 3 rings (SSSR count). The van der Waals surface area contributed by atoms with Crippen molar-refractivity contribution in [3.8, 4) is 0 Å². The molecule has 2 aromatic carbocycles. The number of fused-ring (bicyclic) bond motifs is 1. The Morgan fingerprint density at radius 3 is 2.60 bits per heavy atom. The molecule has 10 heteroatoms. The van der Waals surface area contributed by atoms with Crippen LogP contribution in [0.15, 0.2) is 41.3 Å². The van der Waals surface area contributed by atoms with Gasteiger partial charge in [-0.3, -0.25) is 4.79 Å². The summed E-state index contributed by atoms with van der Waals surface area (Å²) >= 11 is 5.94. The van der Waals surface area contributed by atoms with Crippen LogP contribution in [-0.4, -0.2) is 42.3 Å². The maximum Gasteiger partial charge on any atom is 0.242 e. The number of benzene rings is 2. The summed E-state index contributed by atoms with van der Waals surface area (Å²) in [5.41, 5.74) is 1.69. The monoisotopic (exact) mass is 452 g/mol. The lowest BCUT2D eigenvalue weighted by Gasteiger charge is -2.11. The Hall–Kier alpha value is -2.49. The van der Waals surface area contributed by atoms with Crippen molar-refractivity contribution < 1.29 is 17.6 Å². The Labute approximate surface area is 179 Å². The van der Waals surface area contributed by atoms with Gasteiger partial charge in [-0.15, -0.1) is 0 Å². The summed E-state index contributed by atoms with van der Waals surface area (Å²) in [6.07, 6.45) is 0.489. The quantitative estimate of drug-likeness (QED) is 0.592. The van der Waals surface area contributed by atoms with Gasteiger partial charge in [-0.25, -0.2) is 22.1 Å². The molecule has 30 heavy (non-hydrogen) atoms. The number of carbonyl (C=O) groups excluding carboxylic acids is 1. The van der Waals surface area contributed by atoms with Crippen molar-refractivity contribution in [2.45, 2.75) is 31.2 Å². The van der Waals surface area contributed by atoms with E-state index in [-0.39, 0.29) is 22.2 Å². The van der Waals surface area contributed by atoms with Crippen LogP contribution in [0.2, 0.25) is 5.02 Å². The van der Waals surface area contributed by atoms with Gasteiger partial charge in [0.1, 0.15) is 11.6 Å². The summed E-state index contributed by atoms with van der Waals surface area (Å²) in [5.74, 6) is -0.0911. The molecule has 1 N–H and O–H groups in total. The van der Waals surface area contributed by atoms with E-state index in [0.29, 0.717) is 30.0 Å². The van der Waals surface area contributed by atoms with Gasteiger partial charge in [-0.05, 0) is 43.3 Å². The van der Waals surface area contributed by atoms with E-state index in [2.05, 4.69) is 10.3 Å². The zero-order chi connectivity index (χ0) is 22.1. The number of nitrogens with zero attached hydrogens (tertiary/aromatic N) is 3. The molecule has 0 radical (unpaired) electrons. The molecule has 0 saturated heterocycles. The number of anilines is 1. The van der Waals surface area contributed by atoms with Gasteiger partial charge >= 0.3 is 0 Å². The zero-order valence-electron chi connectivity index (χ0n) is 16.8. The highest BCUT2D eigenvalue weighted by Crippen LogP contribution is 2.24. The number of carbonyl (C=O) groups is 1. The number of amides is 1. The van der Waals surface area contributed by atoms with E-state index in [1.807, 2.05) is 11.5 Å². The smallest absolute Gasteiger partial charge is 0.242 e. The lowest BCUT2D eigenvalue weighted by atomic mass is 10.2. The van der Waals surface area contributed by atoms with Crippen LogP contribution in [0.25, 0.3) is 11.0 Å². The number of imidazole rings is 1. The average molecular weight is 453 g/mol. The third kappa shape index (κ3) is 4.48. The minimum Gasteiger partial charge on any atom is -0.328 e. The van der Waals surface area contributed by atoms with Crippen molar-refractivity contribution in [2.75, 3.05) is 19.4 Å². The number of rotatable bonds is 7. The Morgan fingerprint density at radius 1 is 1.23 bits per heavy atom. The van der Waals surface area contributed by atoms with Crippen molar-refractivity contribution in [2.24, 2.45) is 0 Å². The summed E-state index contributed by atoms with van der Waals surface area (Å²) in [4.78, 5) is 17.0. The van der Waals surface area contributed by atoms with Gasteiger partial charge in [0.25, 0.3) is 0 Å². The largest absolute Gasteiger partial charge is 0.328 e. The van der Waals surface area contributed by atoms with Crippen molar-refractivity contribution in [3.05, 3.63) is 53.1 Å². The molecular weight excluding hydrogens is 431 g/mol. The molecule has 0 unspecified atom stereocenters. The third-order valence-electron chi connectivity index (χ3n) is 4.67. The van der Waals surface area contributed by atoms with Gasteiger partial charge in [0.05, 0.1) is 26.6 Å². The first-order valence-corrected chi connectivity index (χ1v) is 11.1. The predicted octanol–water partition coefficient (Wildman–Crippen LogP) is 3.67. The van der Waals surface area contributed by atoms with E-state index in [1.54, 1.807) is 18.2 Å². The van der Waals surface area contributed by atoms with Gasteiger partial charge in [0.2, 0.25) is 15.9 Å². The highest BCUT2D eigenvalue weighted by molar-refractivity contribution is 7.89. The number of sulfonamides is 1. The summed E-state index contributed by atoms with van der Waals surface area (Å²) in [5, 5.41) is 2.78. The van der Waals surface area contributed by atoms with Crippen LogP contribution in [0.3, 0.4) is 0 Å². The normalized spacial score (nSPS) is 11.9. The van der Waals surface area contributed by atoms with Crippen LogP contribution in [0.5, 0.6) is 0 Å². The van der Waals surface area contributed by atoms with Crippen LogP contribution >= 0.6 is 11.6 Å². The Morgan fingerprint density at radius 2 is 1.97 bits per heavy atom. The fourth-order valence-corrected chi connectivity index (χ4v) is 4.24. The van der Waals surface area contributed by atoms with E-state index >= 15 is 0 Å². The standard InChI is InChI=1S/C20H22ClFN4O3S/c1-4-26-18-8-6-14(30(28,29)25(2)3)12-17(18)23-19(26)9-10-20(27)24-16-7-5-13(22)11-15(16)21/h5-8,11-12H,4,9-10H2,1-3H3,(H,24,27). The fraction of sp³-hybridized carbons (Fsp3) is 0.300. The van der Waals surface area contributed by atoms with Gasteiger partial charge in [0.15, 0.2) is 0 Å². The zero-order valence-corrected chi connectivity index (χ0v) is 18.4. The SMILES string of the molecule is CCn1c(CCC(=O)Nc2ccc(F)cc2Cl)nc2cc(S(=O)(=O)N(C)C)ccc21.